The number of aryl methyl sites for hydroxylation is 1. The third-order valence-corrected chi connectivity index (χ3v) is 2.65. The summed E-state index contributed by atoms with van der Waals surface area (Å²) in [5.74, 6) is 0.600. The maximum atomic E-state index is 13.1. The number of hydrogen-bond donors (Lipinski definition) is 1. The molecule has 0 spiro atoms. The zero-order valence-electron chi connectivity index (χ0n) is 9.81. The number of ether oxygens (including phenoxy) is 1. The van der Waals surface area contributed by atoms with Gasteiger partial charge < -0.3 is 10.5 Å². The first-order valence-electron chi connectivity index (χ1n) is 5.40. The minimum atomic E-state index is -0.350. The van der Waals surface area contributed by atoms with Gasteiger partial charge >= 0.3 is 0 Å². The molecule has 0 saturated carbocycles. The van der Waals surface area contributed by atoms with Crippen molar-refractivity contribution in [2.45, 2.75) is 6.92 Å². The van der Waals surface area contributed by atoms with Crippen LogP contribution in [0, 0.1) is 12.7 Å². The average Bonchev–Trinajstić information content (AvgIpc) is 2.28. The second-order valence-corrected chi connectivity index (χ2v) is 4.36. The third-order valence-electron chi connectivity index (χ3n) is 2.43. The lowest BCUT2D eigenvalue weighted by atomic mass is 10.1. The Morgan fingerprint density at radius 1 is 1.22 bits per heavy atom. The van der Waals surface area contributed by atoms with E-state index in [9.17, 15) is 4.39 Å². The molecule has 0 radical (unpaired) electrons. The van der Waals surface area contributed by atoms with E-state index in [-0.39, 0.29) is 10.8 Å². The lowest BCUT2D eigenvalue weighted by Crippen LogP contribution is -2.10. The van der Waals surface area contributed by atoms with E-state index in [4.69, 9.17) is 22.7 Å². The molecule has 0 atom stereocenters. The van der Waals surface area contributed by atoms with Gasteiger partial charge in [0, 0.05) is 6.07 Å². The quantitative estimate of drug-likeness (QED) is 0.858. The molecule has 0 unspecified atom stereocenters. The van der Waals surface area contributed by atoms with E-state index in [0.717, 1.165) is 5.56 Å². The molecule has 0 aromatic heterocycles. The fraction of sp³-hybridized carbons (Fsp3) is 0.0714. The van der Waals surface area contributed by atoms with Crippen molar-refractivity contribution in [2.75, 3.05) is 0 Å². The Labute approximate surface area is 110 Å². The SMILES string of the molecule is Cc1ccc(C(N)=S)c(Oc2cccc(F)c2)c1. The summed E-state index contributed by atoms with van der Waals surface area (Å²) in [6, 6.07) is 11.4. The molecule has 2 N–H and O–H groups in total. The van der Waals surface area contributed by atoms with Crippen molar-refractivity contribution in [1.29, 1.82) is 0 Å². The highest BCUT2D eigenvalue weighted by Gasteiger charge is 2.08. The van der Waals surface area contributed by atoms with Crippen LogP contribution in [-0.4, -0.2) is 4.99 Å². The van der Waals surface area contributed by atoms with Crippen LogP contribution in [0.2, 0.25) is 0 Å². The van der Waals surface area contributed by atoms with Crippen LogP contribution in [0.1, 0.15) is 11.1 Å². The molecule has 2 aromatic rings. The summed E-state index contributed by atoms with van der Waals surface area (Å²) in [4.78, 5) is 0.251. The summed E-state index contributed by atoms with van der Waals surface area (Å²) in [7, 11) is 0. The van der Waals surface area contributed by atoms with E-state index in [1.165, 1.54) is 12.1 Å². The zero-order chi connectivity index (χ0) is 13.1. The Morgan fingerprint density at radius 3 is 2.67 bits per heavy atom. The van der Waals surface area contributed by atoms with Gasteiger partial charge in [-0.3, -0.25) is 0 Å². The maximum Gasteiger partial charge on any atom is 0.137 e. The second kappa shape index (κ2) is 5.14. The number of rotatable bonds is 3. The van der Waals surface area contributed by atoms with Gasteiger partial charge in [-0.15, -0.1) is 0 Å². The van der Waals surface area contributed by atoms with Crippen molar-refractivity contribution in [3.05, 3.63) is 59.4 Å². The molecular weight excluding hydrogens is 249 g/mol. The lowest BCUT2D eigenvalue weighted by molar-refractivity contribution is 0.475. The second-order valence-electron chi connectivity index (χ2n) is 3.92. The third kappa shape index (κ3) is 2.84. The van der Waals surface area contributed by atoms with Gasteiger partial charge in [-0.25, -0.2) is 4.39 Å². The fourth-order valence-corrected chi connectivity index (χ4v) is 1.74. The van der Waals surface area contributed by atoms with E-state index in [1.54, 1.807) is 18.2 Å². The van der Waals surface area contributed by atoms with Gasteiger partial charge in [-0.05, 0) is 36.8 Å². The molecule has 0 bridgehead atoms. The van der Waals surface area contributed by atoms with Crippen LogP contribution in [0.15, 0.2) is 42.5 Å². The van der Waals surface area contributed by atoms with Crippen LogP contribution in [0.3, 0.4) is 0 Å². The molecule has 0 aliphatic rings. The summed E-state index contributed by atoms with van der Waals surface area (Å²) in [6.45, 7) is 1.93. The predicted molar refractivity (Wildman–Crippen MR) is 73.5 cm³/mol. The molecule has 0 aliphatic carbocycles. The van der Waals surface area contributed by atoms with E-state index in [2.05, 4.69) is 0 Å². The van der Waals surface area contributed by atoms with E-state index >= 15 is 0 Å². The van der Waals surface area contributed by atoms with E-state index in [1.807, 2.05) is 19.1 Å². The Hall–Kier alpha value is -1.94. The van der Waals surface area contributed by atoms with E-state index in [0.29, 0.717) is 17.1 Å². The first-order chi connectivity index (χ1) is 8.56. The first kappa shape index (κ1) is 12.5. The highest BCUT2D eigenvalue weighted by atomic mass is 32.1. The summed E-state index contributed by atoms with van der Waals surface area (Å²) < 4.78 is 18.7. The molecule has 4 heteroatoms. The van der Waals surface area contributed by atoms with Gasteiger partial charge in [0.15, 0.2) is 0 Å². The number of benzene rings is 2. The molecule has 0 heterocycles. The van der Waals surface area contributed by atoms with Gasteiger partial charge in [0.1, 0.15) is 22.3 Å². The van der Waals surface area contributed by atoms with Crippen molar-refractivity contribution < 1.29 is 9.13 Å². The van der Waals surface area contributed by atoms with Crippen LogP contribution in [-0.2, 0) is 0 Å². The summed E-state index contributed by atoms with van der Waals surface area (Å²) in [5, 5.41) is 0. The standard InChI is InChI=1S/C14H12FNOS/c1-9-5-6-12(14(16)18)13(7-9)17-11-4-2-3-10(15)8-11/h2-8H,1H3,(H2,16,18). The minimum absolute atomic E-state index is 0.251. The van der Waals surface area contributed by atoms with Gasteiger partial charge in [-0.2, -0.15) is 0 Å². The average molecular weight is 261 g/mol. The van der Waals surface area contributed by atoms with Crippen LogP contribution in [0.25, 0.3) is 0 Å². The first-order valence-corrected chi connectivity index (χ1v) is 5.81. The maximum absolute atomic E-state index is 13.1. The summed E-state index contributed by atoms with van der Waals surface area (Å²) in [6.07, 6.45) is 0. The fourth-order valence-electron chi connectivity index (χ4n) is 1.58. The molecular formula is C14H12FNOS. The highest BCUT2D eigenvalue weighted by molar-refractivity contribution is 7.80. The topological polar surface area (TPSA) is 35.2 Å². The smallest absolute Gasteiger partial charge is 0.137 e. The van der Waals surface area contributed by atoms with Gasteiger partial charge in [0.05, 0.1) is 5.56 Å². The zero-order valence-corrected chi connectivity index (χ0v) is 10.6. The molecule has 92 valence electrons. The number of thiocarbonyl (C=S) groups is 1. The molecule has 0 aliphatic heterocycles. The number of hydrogen-bond acceptors (Lipinski definition) is 2. The molecule has 0 amide bonds. The van der Waals surface area contributed by atoms with Crippen LogP contribution >= 0.6 is 12.2 Å². The van der Waals surface area contributed by atoms with Gasteiger partial charge in [0.2, 0.25) is 0 Å². The molecule has 0 saturated heterocycles. The highest BCUT2D eigenvalue weighted by Crippen LogP contribution is 2.26. The Bertz CT molecular complexity index is 598. The monoisotopic (exact) mass is 261 g/mol. The van der Waals surface area contributed by atoms with Crippen molar-refractivity contribution in [2.24, 2.45) is 5.73 Å². The molecule has 2 rings (SSSR count). The molecule has 18 heavy (non-hydrogen) atoms. The van der Waals surface area contributed by atoms with Crippen molar-refractivity contribution in [1.82, 2.24) is 0 Å². The van der Waals surface area contributed by atoms with Crippen LogP contribution in [0.4, 0.5) is 4.39 Å². The molecule has 2 nitrogen and oxygen atoms in total. The molecule has 0 fully saturated rings. The normalized spacial score (nSPS) is 10.1. The van der Waals surface area contributed by atoms with Crippen molar-refractivity contribution in [3.63, 3.8) is 0 Å². The number of halogens is 1. The number of nitrogens with two attached hydrogens (primary N) is 1. The van der Waals surface area contributed by atoms with Crippen LogP contribution < -0.4 is 10.5 Å². The molecule has 2 aromatic carbocycles. The van der Waals surface area contributed by atoms with Crippen molar-refractivity contribution >= 4 is 17.2 Å². The van der Waals surface area contributed by atoms with Gasteiger partial charge in [0.25, 0.3) is 0 Å². The van der Waals surface area contributed by atoms with E-state index < -0.39 is 0 Å². The lowest BCUT2D eigenvalue weighted by Gasteiger charge is -2.11. The Kier molecular flexibility index (Phi) is 3.58. The summed E-state index contributed by atoms with van der Waals surface area (Å²) in [5.41, 5.74) is 7.28. The van der Waals surface area contributed by atoms with Gasteiger partial charge in [-0.1, -0.05) is 24.4 Å². The minimum Gasteiger partial charge on any atom is -0.457 e. The predicted octanol–water partition coefficient (Wildman–Crippen LogP) is 3.56. The van der Waals surface area contributed by atoms with Crippen molar-refractivity contribution in [3.8, 4) is 11.5 Å². The Balaban J connectivity index is 2.39. The summed E-state index contributed by atoms with van der Waals surface area (Å²) >= 11 is 4.96. The largest absolute Gasteiger partial charge is 0.457 e. The Morgan fingerprint density at radius 2 is 2.00 bits per heavy atom. The van der Waals surface area contributed by atoms with Crippen LogP contribution in [0.5, 0.6) is 11.5 Å².